The summed E-state index contributed by atoms with van der Waals surface area (Å²) in [4.78, 5) is 47.1. The molecule has 216 valence electrons. The molecule has 0 bridgehead atoms. The fourth-order valence-electron chi connectivity index (χ4n) is 5.60. The Morgan fingerprint density at radius 3 is 2.17 bits per heavy atom. The number of nitrogens with two attached hydrogens (primary N) is 1. The number of carbonyl (C=O) groups is 3. The summed E-state index contributed by atoms with van der Waals surface area (Å²) in [5.74, 6) is -0.656. The highest BCUT2D eigenvalue weighted by molar-refractivity contribution is 6.09. The number of hydrogen-bond acceptors (Lipinski definition) is 5. The first-order chi connectivity index (χ1) is 20.4. The van der Waals surface area contributed by atoms with Crippen LogP contribution in [0.5, 0.6) is 0 Å². The Morgan fingerprint density at radius 1 is 0.857 bits per heavy atom. The van der Waals surface area contributed by atoms with Gasteiger partial charge in [-0.1, -0.05) is 85.8 Å². The molecule has 1 saturated heterocycles. The van der Waals surface area contributed by atoms with E-state index in [0.717, 1.165) is 39.7 Å². The van der Waals surface area contributed by atoms with Gasteiger partial charge in [0.05, 0.1) is 22.8 Å². The van der Waals surface area contributed by atoms with Crippen LogP contribution in [-0.2, 0) is 16.1 Å². The second-order valence-electron chi connectivity index (χ2n) is 10.7. The number of para-hydroxylation sites is 1. The maximum Gasteiger partial charge on any atom is 0.252 e. The number of benzene rings is 3. The number of pyridine rings is 1. The van der Waals surface area contributed by atoms with E-state index >= 15 is 0 Å². The zero-order chi connectivity index (χ0) is 29.5. The Morgan fingerprint density at radius 2 is 1.50 bits per heavy atom. The summed E-state index contributed by atoms with van der Waals surface area (Å²) in [7, 11) is 0. The normalized spacial score (nSPS) is 14.5. The van der Waals surface area contributed by atoms with Crippen LogP contribution in [0.1, 0.15) is 53.7 Å². The van der Waals surface area contributed by atoms with Crippen LogP contribution >= 0.6 is 0 Å². The Kier molecular flexibility index (Phi) is 9.24. The summed E-state index contributed by atoms with van der Waals surface area (Å²) in [6.45, 7) is 4.97. The summed E-state index contributed by atoms with van der Waals surface area (Å²) in [6.07, 6.45) is 0.945. The van der Waals surface area contributed by atoms with Gasteiger partial charge in [-0.3, -0.25) is 19.3 Å². The molecule has 3 amide bonds. The van der Waals surface area contributed by atoms with Crippen molar-refractivity contribution in [3.63, 3.8) is 0 Å². The third-order valence-electron chi connectivity index (χ3n) is 7.88. The van der Waals surface area contributed by atoms with Crippen LogP contribution in [0, 0.1) is 0 Å². The van der Waals surface area contributed by atoms with Crippen molar-refractivity contribution in [3.05, 3.63) is 102 Å². The van der Waals surface area contributed by atoms with Crippen LogP contribution in [0.3, 0.4) is 0 Å². The van der Waals surface area contributed by atoms with E-state index in [4.69, 9.17) is 10.7 Å². The molecular weight excluding hydrogens is 526 g/mol. The molecule has 4 aromatic rings. The summed E-state index contributed by atoms with van der Waals surface area (Å²) in [5.41, 5.74) is 10.3. The van der Waals surface area contributed by atoms with Gasteiger partial charge in [0.25, 0.3) is 5.91 Å². The van der Waals surface area contributed by atoms with Gasteiger partial charge in [0.15, 0.2) is 0 Å². The van der Waals surface area contributed by atoms with Gasteiger partial charge in [0.2, 0.25) is 11.8 Å². The lowest BCUT2D eigenvalue weighted by atomic mass is 9.94. The molecule has 2 heterocycles. The van der Waals surface area contributed by atoms with E-state index in [2.05, 4.69) is 17.1 Å². The highest BCUT2D eigenvalue weighted by atomic mass is 16.2. The average Bonchev–Trinajstić information content (AvgIpc) is 3.03. The third-order valence-corrected chi connectivity index (χ3v) is 7.88. The fourth-order valence-corrected chi connectivity index (χ4v) is 5.60. The molecule has 8 nitrogen and oxygen atoms in total. The Balaban J connectivity index is 1.50. The van der Waals surface area contributed by atoms with Crippen LogP contribution in [0.25, 0.3) is 22.2 Å². The lowest BCUT2D eigenvalue weighted by Gasteiger charge is -2.35. The SMILES string of the molecule is CC[C@H](NC(=O)c1c(CN2CCN(C(=O)CCC(N)=O)CC2)c(-c2ccccc2)nc2ccccc12)c1ccccc1. The van der Waals surface area contributed by atoms with Gasteiger partial charge in [-0.15, -0.1) is 0 Å². The molecule has 3 N–H and O–H groups in total. The highest BCUT2D eigenvalue weighted by Gasteiger charge is 2.27. The van der Waals surface area contributed by atoms with Crippen molar-refractivity contribution >= 4 is 28.6 Å². The Labute approximate surface area is 246 Å². The van der Waals surface area contributed by atoms with Crippen molar-refractivity contribution in [2.24, 2.45) is 5.73 Å². The topological polar surface area (TPSA) is 109 Å². The van der Waals surface area contributed by atoms with Gasteiger partial charge in [-0.2, -0.15) is 0 Å². The van der Waals surface area contributed by atoms with Gasteiger partial charge in [-0.25, -0.2) is 4.98 Å². The van der Waals surface area contributed by atoms with E-state index in [0.29, 0.717) is 38.3 Å². The van der Waals surface area contributed by atoms with E-state index in [9.17, 15) is 14.4 Å². The van der Waals surface area contributed by atoms with Crippen LogP contribution in [0.2, 0.25) is 0 Å². The molecule has 1 aromatic heterocycles. The predicted octanol–water partition coefficient (Wildman–Crippen LogP) is 4.69. The number of rotatable bonds is 10. The zero-order valence-corrected chi connectivity index (χ0v) is 24.0. The lowest BCUT2D eigenvalue weighted by Crippen LogP contribution is -2.48. The van der Waals surface area contributed by atoms with E-state index in [1.165, 1.54) is 0 Å². The maximum atomic E-state index is 14.3. The number of aromatic nitrogens is 1. The quantitative estimate of drug-likeness (QED) is 0.291. The second-order valence-corrected chi connectivity index (χ2v) is 10.7. The predicted molar refractivity (Wildman–Crippen MR) is 164 cm³/mol. The number of nitrogens with one attached hydrogen (secondary N) is 1. The van der Waals surface area contributed by atoms with Crippen LogP contribution in [0.15, 0.2) is 84.9 Å². The number of nitrogens with zero attached hydrogens (tertiary/aromatic N) is 3. The van der Waals surface area contributed by atoms with Crippen molar-refractivity contribution in [1.29, 1.82) is 0 Å². The molecule has 0 spiro atoms. The summed E-state index contributed by atoms with van der Waals surface area (Å²) < 4.78 is 0. The van der Waals surface area contributed by atoms with E-state index in [1.807, 2.05) is 84.9 Å². The summed E-state index contributed by atoms with van der Waals surface area (Å²) in [5, 5.41) is 4.13. The van der Waals surface area contributed by atoms with Gasteiger partial charge in [0, 0.05) is 62.1 Å². The Hall–Kier alpha value is -4.56. The van der Waals surface area contributed by atoms with Crippen LogP contribution < -0.4 is 11.1 Å². The molecule has 0 aliphatic carbocycles. The number of carbonyl (C=O) groups excluding carboxylic acids is 3. The minimum Gasteiger partial charge on any atom is -0.370 e. The van der Waals surface area contributed by atoms with Gasteiger partial charge < -0.3 is 16.0 Å². The fraction of sp³-hybridized carbons (Fsp3) is 0.294. The molecule has 42 heavy (non-hydrogen) atoms. The molecular formula is C34H37N5O3. The average molecular weight is 564 g/mol. The molecule has 0 saturated carbocycles. The van der Waals surface area contributed by atoms with Crippen LogP contribution in [-0.4, -0.2) is 58.7 Å². The molecule has 1 aliphatic heterocycles. The molecule has 5 rings (SSSR count). The van der Waals surface area contributed by atoms with E-state index in [-0.39, 0.29) is 30.7 Å². The van der Waals surface area contributed by atoms with Crippen molar-refractivity contribution in [2.75, 3.05) is 26.2 Å². The van der Waals surface area contributed by atoms with Crippen molar-refractivity contribution in [2.45, 2.75) is 38.8 Å². The number of piperazine rings is 1. The maximum absolute atomic E-state index is 14.3. The van der Waals surface area contributed by atoms with Gasteiger partial charge >= 0.3 is 0 Å². The number of fused-ring (bicyclic) bond motifs is 1. The van der Waals surface area contributed by atoms with Crippen molar-refractivity contribution < 1.29 is 14.4 Å². The van der Waals surface area contributed by atoms with E-state index in [1.54, 1.807) is 4.90 Å². The number of amides is 3. The number of hydrogen-bond donors (Lipinski definition) is 2. The first-order valence-corrected chi connectivity index (χ1v) is 14.6. The van der Waals surface area contributed by atoms with Gasteiger partial charge in [-0.05, 0) is 18.1 Å². The molecule has 1 atom stereocenters. The minimum atomic E-state index is -0.470. The van der Waals surface area contributed by atoms with Crippen LogP contribution in [0.4, 0.5) is 0 Å². The molecule has 1 aliphatic rings. The molecule has 3 aromatic carbocycles. The summed E-state index contributed by atoms with van der Waals surface area (Å²) in [6, 6.07) is 27.7. The lowest BCUT2D eigenvalue weighted by molar-refractivity contribution is -0.134. The highest BCUT2D eigenvalue weighted by Crippen LogP contribution is 2.32. The monoisotopic (exact) mass is 563 g/mol. The van der Waals surface area contributed by atoms with Crippen molar-refractivity contribution in [3.8, 4) is 11.3 Å². The third kappa shape index (κ3) is 6.66. The molecule has 8 heteroatoms. The molecule has 0 unspecified atom stereocenters. The summed E-state index contributed by atoms with van der Waals surface area (Å²) >= 11 is 0. The second kappa shape index (κ2) is 13.4. The first kappa shape index (κ1) is 29.0. The minimum absolute atomic E-state index is 0.0580. The van der Waals surface area contributed by atoms with E-state index < -0.39 is 5.91 Å². The smallest absolute Gasteiger partial charge is 0.252 e. The molecule has 1 fully saturated rings. The standard InChI is InChI=1S/C34H37N5O3/c1-2-28(24-11-5-3-6-12-24)37-34(42)32-26-15-9-10-16-29(26)36-33(25-13-7-4-8-14-25)27(32)23-38-19-21-39(22-20-38)31(41)18-17-30(35)40/h3-16,28H,2,17-23H2,1H3,(H2,35,40)(H,37,42)/t28-/m0/s1. The first-order valence-electron chi connectivity index (χ1n) is 14.6. The largest absolute Gasteiger partial charge is 0.370 e. The van der Waals surface area contributed by atoms with Crippen molar-refractivity contribution in [1.82, 2.24) is 20.1 Å². The van der Waals surface area contributed by atoms with Gasteiger partial charge in [0.1, 0.15) is 0 Å². The molecule has 0 radical (unpaired) electrons. The zero-order valence-electron chi connectivity index (χ0n) is 24.0. The number of primary amides is 1. The Bertz CT molecular complexity index is 1550.